The number of rotatable bonds is 4. The number of benzene rings is 6. The van der Waals surface area contributed by atoms with E-state index in [1.165, 1.54) is 66.8 Å². The molecule has 0 nitrogen and oxygen atoms in total. The Labute approximate surface area is 231 Å². The predicted octanol–water partition coefficient (Wildman–Crippen LogP) is 10.7. The molecule has 0 aromatic heterocycles. The fourth-order valence-corrected chi connectivity index (χ4v) is 6.18. The Morgan fingerprint density at radius 2 is 0.692 bits per heavy atom. The Morgan fingerprint density at radius 1 is 0.308 bits per heavy atom. The molecule has 0 radical (unpaired) electrons. The number of fused-ring (bicyclic) bond motifs is 3. The molecule has 0 N–H and O–H groups in total. The van der Waals surface area contributed by atoms with Crippen molar-refractivity contribution in [3.05, 3.63) is 157 Å². The Bertz CT molecular complexity index is 1770. The predicted molar refractivity (Wildman–Crippen MR) is 166 cm³/mol. The summed E-state index contributed by atoms with van der Waals surface area (Å²) in [5.41, 5.74) is 15.6. The van der Waals surface area contributed by atoms with Gasteiger partial charge in [-0.1, -0.05) is 159 Å². The van der Waals surface area contributed by atoms with Crippen LogP contribution in [0.5, 0.6) is 0 Å². The normalized spacial score (nSPS) is 13.1. The summed E-state index contributed by atoms with van der Waals surface area (Å²) >= 11 is 0. The maximum absolute atomic E-state index is 2.34. The van der Waals surface area contributed by atoms with E-state index in [1.807, 2.05) is 0 Å². The molecule has 6 aromatic carbocycles. The van der Waals surface area contributed by atoms with Crippen molar-refractivity contribution < 1.29 is 0 Å². The minimum Gasteiger partial charge on any atom is -0.0622 e. The largest absolute Gasteiger partial charge is 0.0622 e. The van der Waals surface area contributed by atoms with Gasteiger partial charge in [-0.05, 0) is 66.8 Å². The van der Waals surface area contributed by atoms with Gasteiger partial charge in [0.1, 0.15) is 0 Å². The van der Waals surface area contributed by atoms with Crippen LogP contribution in [0.3, 0.4) is 0 Å². The minimum absolute atomic E-state index is 0.0193. The van der Waals surface area contributed by atoms with Gasteiger partial charge in [0.15, 0.2) is 0 Å². The van der Waals surface area contributed by atoms with Gasteiger partial charge in [-0.15, -0.1) is 0 Å². The van der Waals surface area contributed by atoms with E-state index in [0.717, 1.165) is 0 Å². The fourth-order valence-electron chi connectivity index (χ4n) is 6.18. The van der Waals surface area contributed by atoms with Crippen LogP contribution in [-0.4, -0.2) is 0 Å². The first kappa shape index (κ1) is 23.4. The van der Waals surface area contributed by atoms with Crippen molar-refractivity contribution in [2.75, 3.05) is 0 Å². The molecule has 1 aliphatic carbocycles. The van der Waals surface area contributed by atoms with E-state index >= 15 is 0 Å². The van der Waals surface area contributed by atoms with Crippen molar-refractivity contribution in [2.45, 2.75) is 19.3 Å². The molecule has 0 amide bonds. The first-order chi connectivity index (χ1) is 19.1. The Balaban J connectivity index is 1.16. The molecule has 0 aliphatic heterocycles. The molecule has 39 heavy (non-hydrogen) atoms. The first-order valence-electron chi connectivity index (χ1n) is 13.7. The quantitative estimate of drug-likeness (QED) is 0.227. The number of hydrogen-bond acceptors (Lipinski definition) is 0. The third kappa shape index (κ3) is 4.01. The lowest BCUT2D eigenvalue weighted by Crippen LogP contribution is -2.14. The summed E-state index contributed by atoms with van der Waals surface area (Å²) in [7, 11) is 0. The van der Waals surface area contributed by atoms with Crippen LogP contribution in [0.1, 0.15) is 25.0 Å². The summed E-state index contributed by atoms with van der Waals surface area (Å²) in [5.74, 6) is 0. The van der Waals surface area contributed by atoms with E-state index in [-0.39, 0.29) is 5.41 Å². The molecule has 0 heterocycles. The van der Waals surface area contributed by atoms with Crippen LogP contribution in [0, 0.1) is 0 Å². The van der Waals surface area contributed by atoms with Gasteiger partial charge < -0.3 is 0 Å². The molecule has 0 unspecified atom stereocenters. The molecule has 0 fully saturated rings. The van der Waals surface area contributed by atoms with Gasteiger partial charge in [0.2, 0.25) is 0 Å². The van der Waals surface area contributed by atoms with Crippen molar-refractivity contribution in [3.8, 4) is 55.6 Å². The lowest BCUT2D eigenvalue weighted by molar-refractivity contribution is 0.660. The van der Waals surface area contributed by atoms with Crippen molar-refractivity contribution in [3.63, 3.8) is 0 Å². The molecule has 0 atom stereocenters. The second kappa shape index (κ2) is 9.26. The Kier molecular flexibility index (Phi) is 5.56. The standard InChI is InChI=1S/C39H30/c1-39(2)36-13-7-6-11-35(36)38-34(12-8-14-37(38)39)33-25-23-32(24-26-33)31-21-19-30(20-22-31)29-17-15-28(16-18-29)27-9-4-3-5-10-27/h3-26H,1-2H3. The zero-order chi connectivity index (χ0) is 26.4. The van der Waals surface area contributed by atoms with Crippen molar-refractivity contribution in [1.82, 2.24) is 0 Å². The van der Waals surface area contributed by atoms with Gasteiger partial charge in [0.25, 0.3) is 0 Å². The lowest BCUT2D eigenvalue weighted by Gasteiger charge is -2.21. The Morgan fingerprint density at radius 3 is 1.23 bits per heavy atom. The lowest BCUT2D eigenvalue weighted by atomic mass is 9.82. The summed E-state index contributed by atoms with van der Waals surface area (Å²) in [6, 6.07) is 53.0. The summed E-state index contributed by atoms with van der Waals surface area (Å²) in [6.45, 7) is 4.68. The van der Waals surface area contributed by atoms with Crippen LogP contribution < -0.4 is 0 Å². The fraction of sp³-hybridized carbons (Fsp3) is 0.0769. The molecule has 0 saturated carbocycles. The molecule has 6 aromatic rings. The van der Waals surface area contributed by atoms with Crippen LogP contribution in [0.2, 0.25) is 0 Å². The molecule has 7 rings (SSSR count). The van der Waals surface area contributed by atoms with Crippen LogP contribution in [0.15, 0.2) is 146 Å². The van der Waals surface area contributed by atoms with Gasteiger partial charge in [0.05, 0.1) is 0 Å². The topological polar surface area (TPSA) is 0 Å². The van der Waals surface area contributed by atoms with Gasteiger partial charge in [-0.3, -0.25) is 0 Å². The molecule has 0 bridgehead atoms. The monoisotopic (exact) mass is 498 g/mol. The summed E-state index contributed by atoms with van der Waals surface area (Å²) in [4.78, 5) is 0. The van der Waals surface area contributed by atoms with E-state index < -0.39 is 0 Å². The Hall–Kier alpha value is -4.68. The molecule has 1 aliphatic rings. The second-order valence-corrected chi connectivity index (χ2v) is 11.0. The highest BCUT2D eigenvalue weighted by Crippen LogP contribution is 2.51. The highest BCUT2D eigenvalue weighted by Gasteiger charge is 2.36. The second-order valence-electron chi connectivity index (χ2n) is 11.0. The molecule has 0 saturated heterocycles. The van der Waals surface area contributed by atoms with Crippen molar-refractivity contribution >= 4 is 0 Å². The maximum atomic E-state index is 2.34. The molecular weight excluding hydrogens is 468 g/mol. The average molecular weight is 499 g/mol. The molecule has 0 spiro atoms. The summed E-state index contributed by atoms with van der Waals surface area (Å²) in [5, 5.41) is 0. The van der Waals surface area contributed by atoms with Crippen LogP contribution in [0.25, 0.3) is 55.6 Å². The molecule has 186 valence electrons. The van der Waals surface area contributed by atoms with Gasteiger partial charge in [-0.25, -0.2) is 0 Å². The summed E-state index contributed by atoms with van der Waals surface area (Å²) in [6.07, 6.45) is 0. The number of hydrogen-bond donors (Lipinski definition) is 0. The first-order valence-corrected chi connectivity index (χ1v) is 13.7. The third-order valence-electron chi connectivity index (χ3n) is 8.35. The van der Waals surface area contributed by atoms with Crippen LogP contribution >= 0.6 is 0 Å². The molecule has 0 heteroatoms. The highest BCUT2D eigenvalue weighted by atomic mass is 14.4. The highest BCUT2D eigenvalue weighted by molar-refractivity contribution is 5.92. The average Bonchev–Trinajstić information content (AvgIpc) is 3.25. The van der Waals surface area contributed by atoms with Gasteiger partial charge in [0, 0.05) is 5.41 Å². The van der Waals surface area contributed by atoms with E-state index in [4.69, 9.17) is 0 Å². The van der Waals surface area contributed by atoms with E-state index in [0.29, 0.717) is 0 Å². The third-order valence-corrected chi connectivity index (χ3v) is 8.35. The summed E-state index contributed by atoms with van der Waals surface area (Å²) < 4.78 is 0. The van der Waals surface area contributed by atoms with E-state index in [9.17, 15) is 0 Å². The SMILES string of the molecule is CC1(C)c2ccccc2-c2c(-c3ccc(-c4ccc(-c5ccc(-c6ccccc6)cc5)cc4)cc3)cccc21. The van der Waals surface area contributed by atoms with Gasteiger partial charge >= 0.3 is 0 Å². The van der Waals surface area contributed by atoms with E-state index in [2.05, 4.69) is 159 Å². The minimum atomic E-state index is 0.0193. The van der Waals surface area contributed by atoms with Crippen molar-refractivity contribution in [1.29, 1.82) is 0 Å². The van der Waals surface area contributed by atoms with Crippen LogP contribution in [0.4, 0.5) is 0 Å². The zero-order valence-electron chi connectivity index (χ0n) is 22.4. The van der Waals surface area contributed by atoms with Crippen LogP contribution in [-0.2, 0) is 5.41 Å². The van der Waals surface area contributed by atoms with Gasteiger partial charge in [-0.2, -0.15) is 0 Å². The zero-order valence-corrected chi connectivity index (χ0v) is 22.4. The van der Waals surface area contributed by atoms with E-state index in [1.54, 1.807) is 0 Å². The maximum Gasteiger partial charge on any atom is 0.0159 e. The smallest absolute Gasteiger partial charge is 0.0159 e. The van der Waals surface area contributed by atoms with Crippen molar-refractivity contribution in [2.24, 2.45) is 0 Å². The molecular formula is C39H30.